The average molecular weight is 377 g/mol. The monoisotopic (exact) mass is 376 g/mol. The lowest BCUT2D eigenvalue weighted by atomic mass is 9.45. The van der Waals surface area contributed by atoms with Gasteiger partial charge in [-0.3, -0.25) is 4.79 Å². The molecule has 0 spiro atoms. The first kappa shape index (κ1) is 20.6. The van der Waals surface area contributed by atoms with Gasteiger partial charge in [-0.15, -0.1) is 0 Å². The van der Waals surface area contributed by atoms with Crippen LogP contribution in [-0.2, 0) is 4.79 Å². The van der Waals surface area contributed by atoms with E-state index in [4.69, 9.17) is 0 Å². The summed E-state index contributed by atoms with van der Waals surface area (Å²) in [6.07, 6.45) is 10.4. The van der Waals surface area contributed by atoms with Crippen molar-refractivity contribution in [1.29, 1.82) is 0 Å². The molecule has 0 aromatic heterocycles. The van der Waals surface area contributed by atoms with Gasteiger partial charge in [0.05, 0.1) is 18.1 Å². The molecule has 152 valence electrons. The minimum Gasteiger partial charge on any atom is -0.481 e. The molecule has 1 fully saturated rings. The maximum absolute atomic E-state index is 12.5. The molecule has 0 saturated heterocycles. The van der Waals surface area contributed by atoms with Crippen molar-refractivity contribution in [3.63, 3.8) is 0 Å². The van der Waals surface area contributed by atoms with Crippen molar-refractivity contribution in [3.05, 3.63) is 23.3 Å². The van der Waals surface area contributed by atoms with Crippen LogP contribution in [0.5, 0.6) is 0 Å². The summed E-state index contributed by atoms with van der Waals surface area (Å²) in [4.78, 5) is 12.5. The Kier molecular flexibility index (Phi) is 5.88. The standard InChI is InChI=1S/C23H36O4/c1-15(2)16-5-7-19-17(13-16)6-8-20-22(19,3)10-4-11-23(20,21(26)27)12-9-18(25)14-24/h6,13,15,18-20,24-25H,4-5,7-12,14H2,1-3H3,(H,26,27)/t18?,19-,20?,22-,23-/m1/s1. The van der Waals surface area contributed by atoms with E-state index in [0.717, 1.165) is 32.1 Å². The van der Waals surface area contributed by atoms with E-state index in [-0.39, 0.29) is 17.9 Å². The summed E-state index contributed by atoms with van der Waals surface area (Å²) in [5.74, 6) is 0.405. The van der Waals surface area contributed by atoms with E-state index in [2.05, 4.69) is 32.9 Å². The summed E-state index contributed by atoms with van der Waals surface area (Å²) >= 11 is 0. The van der Waals surface area contributed by atoms with Crippen molar-refractivity contribution in [2.24, 2.45) is 28.6 Å². The van der Waals surface area contributed by atoms with Crippen LogP contribution in [0.4, 0.5) is 0 Å². The maximum Gasteiger partial charge on any atom is 0.309 e. The Morgan fingerprint density at radius 1 is 1.33 bits per heavy atom. The van der Waals surface area contributed by atoms with E-state index >= 15 is 0 Å². The first-order chi connectivity index (χ1) is 12.7. The van der Waals surface area contributed by atoms with Gasteiger partial charge < -0.3 is 15.3 Å². The Hall–Kier alpha value is -1.13. The van der Waals surface area contributed by atoms with Crippen LogP contribution in [0.1, 0.15) is 72.1 Å². The molecule has 0 radical (unpaired) electrons. The van der Waals surface area contributed by atoms with Crippen LogP contribution in [0.25, 0.3) is 0 Å². The molecule has 27 heavy (non-hydrogen) atoms. The number of carboxylic acid groups (broad SMARTS) is 1. The molecule has 4 heteroatoms. The smallest absolute Gasteiger partial charge is 0.309 e. The molecule has 0 aromatic rings. The topological polar surface area (TPSA) is 77.8 Å². The van der Waals surface area contributed by atoms with Crippen molar-refractivity contribution >= 4 is 5.97 Å². The predicted molar refractivity (Wildman–Crippen MR) is 106 cm³/mol. The highest BCUT2D eigenvalue weighted by Gasteiger charge is 2.59. The van der Waals surface area contributed by atoms with E-state index in [1.54, 1.807) is 0 Å². The molecule has 2 unspecified atom stereocenters. The van der Waals surface area contributed by atoms with Gasteiger partial charge in [-0.1, -0.05) is 44.9 Å². The van der Waals surface area contributed by atoms with Crippen molar-refractivity contribution in [1.82, 2.24) is 0 Å². The number of rotatable bonds is 6. The quantitative estimate of drug-likeness (QED) is 0.645. The second kappa shape index (κ2) is 7.71. The third-order valence-corrected chi connectivity index (χ3v) is 7.96. The van der Waals surface area contributed by atoms with Crippen LogP contribution < -0.4 is 0 Å². The van der Waals surface area contributed by atoms with Crippen molar-refractivity contribution in [3.8, 4) is 0 Å². The number of aliphatic carboxylic acids is 1. The second-order valence-electron chi connectivity index (χ2n) is 9.65. The summed E-state index contributed by atoms with van der Waals surface area (Å²) in [6.45, 7) is 6.53. The normalized spacial score (nSPS) is 37.1. The molecule has 0 aromatic carbocycles. The van der Waals surface area contributed by atoms with Gasteiger partial charge in [0.25, 0.3) is 0 Å². The van der Waals surface area contributed by atoms with Crippen LogP contribution >= 0.6 is 0 Å². The number of aliphatic hydroxyl groups excluding tert-OH is 2. The molecule has 3 aliphatic rings. The van der Waals surface area contributed by atoms with Gasteiger partial charge in [0.2, 0.25) is 0 Å². The Labute approximate surface area is 163 Å². The maximum atomic E-state index is 12.5. The van der Waals surface area contributed by atoms with Crippen LogP contribution in [0, 0.1) is 28.6 Å². The summed E-state index contributed by atoms with van der Waals surface area (Å²) < 4.78 is 0. The number of hydrogen-bond donors (Lipinski definition) is 3. The summed E-state index contributed by atoms with van der Waals surface area (Å²) in [5, 5.41) is 29.3. The number of hydrogen-bond acceptors (Lipinski definition) is 3. The second-order valence-corrected chi connectivity index (χ2v) is 9.65. The summed E-state index contributed by atoms with van der Waals surface area (Å²) in [6, 6.07) is 0. The van der Waals surface area contributed by atoms with Crippen molar-refractivity contribution in [2.45, 2.75) is 78.2 Å². The SMILES string of the molecule is CC(C)C1=CC2=CCC3[C@@](CCC(O)CO)(C(=O)O)CCC[C@]3(C)[C@@H]2CC1. The first-order valence-corrected chi connectivity index (χ1v) is 10.7. The Bertz CT molecular complexity index is 634. The van der Waals surface area contributed by atoms with Gasteiger partial charge in [0.15, 0.2) is 0 Å². The third kappa shape index (κ3) is 3.51. The van der Waals surface area contributed by atoms with Crippen LogP contribution in [0.3, 0.4) is 0 Å². The summed E-state index contributed by atoms with van der Waals surface area (Å²) in [7, 11) is 0. The Morgan fingerprint density at radius 3 is 2.70 bits per heavy atom. The highest BCUT2D eigenvalue weighted by molar-refractivity contribution is 5.75. The van der Waals surface area contributed by atoms with Crippen LogP contribution in [0.2, 0.25) is 0 Å². The van der Waals surface area contributed by atoms with Gasteiger partial charge >= 0.3 is 5.97 Å². The first-order valence-electron chi connectivity index (χ1n) is 10.7. The molecular weight excluding hydrogens is 340 g/mol. The van der Waals surface area contributed by atoms with E-state index < -0.39 is 17.5 Å². The van der Waals surface area contributed by atoms with Gasteiger partial charge in [0, 0.05) is 0 Å². The fourth-order valence-corrected chi connectivity index (χ4v) is 6.34. The molecule has 3 N–H and O–H groups in total. The summed E-state index contributed by atoms with van der Waals surface area (Å²) in [5.41, 5.74) is 2.17. The highest BCUT2D eigenvalue weighted by Crippen LogP contribution is 2.63. The molecule has 0 amide bonds. The molecule has 4 nitrogen and oxygen atoms in total. The van der Waals surface area contributed by atoms with Crippen LogP contribution in [0.15, 0.2) is 23.3 Å². The van der Waals surface area contributed by atoms with E-state index in [9.17, 15) is 20.1 Å². The molecule has 5 atom stereocenters. The number of allylic oxidation sites excluding steroid dienone is 4. The fraction of sp³-hybridized carbons (Fsp3) is 0.783. The van der Waals surface area contributed by atoms with Crippen LogP contribution in [-0.4, -0.2) is 34.0 Å². The average Bonchev–Trinajstić information content (AvgIpc) is 2.64. The van der Waals surface area contributed by atoms with Gasteiger partial charge in [0.1, 0.15) is 0 Å². The molecule has 3 rings (SSSR count). The molecular formula is C23H36O4. The largest absolute Gasteiger partial charge is 0.481 e. The zero-order valence-corrected chi connectivity index (χ0v) is 17.1. The number of aliphatic hydroxyl groups is 2. The molecule has 0 aliphatic heterocycles. The zero-order valence-electron chi connectivity index (χ0n) is 17.1. The molecule has 3 aliphatic carbocycles. The lowest BCUT2D eigenvalue weighted by Gasteiger charge is -2.58. The lowest BCUT2D eigenvalue weighted by Crippen LogP contribution is -2.54. The van der Waals surface area contributed by atoms with Crippen molar-refractivity contribution in [2.75, 3.05) is 6.61 Å². The molecule has 0 bridgehead atoms. The minimum atomic E-state index is -0.824. The number of carboxylic acids is 1. The van der Waals surface area contributed by atoms with E-state index in [1.165, 1.54) is 11.1 Å². The lowest BCUT2D eigenvalue weighted by molar-refractivity contribution is -0.167. The third-order valence-electron chi connectivity index (χ3n) is 7.96. The van der Waals surface area contributed by atoms with Gasteiger partial charge in [-0.05, 0) is 73.7 Å². The number of carbonyl (C=O) groups is 1. The highest BCUT2D eigenvalue weighted by atomic mass is 16.4. The Balaban J connectivity index is 1.95. The zero-order chi connectivity index (χ0) is 19.8. The van der Waals surface area contributed by atoms with Gasteiger partial charge in [-0.2, -0.15) is 0 Å². The minimum absolute atomic E-state index is 0.00387. The fourth-order valence-electron chi connectivity index (χ4n) is 6.34. The molecule has 0 heterocycles. The van der Waals surface area contributed by atoms with E-state index in [1.807, 2.05) is 0 Å². The Morgan fingerprint density at radius 2 is 2.07 bits per heavy atom. The van der Waals surface area contributed by atoms with Gasteiger partial charge in [-0.25, -0.2) is 0 Å². The van der Waals surface area contributed by atoms with Crippen molar-refractivity contribution < 1.29 is 20.1 Å². The number of fused-ring (bicyclic) bond motifs is 3. The molecule has 1 saturated carbocycles. The predicted octanol–water partition coefficient (Wildman–Crippen LogP) is 4.32. The van der Waals surface area contributed by atoms with E-state index in [0.29, 0.717) is 31.1 Å².